The number of carbonyl (C=O) groups is 1. The van der Waals surface area contributed by atoms with Gasteiger partial charge in [0.1, 0.15) is 5.82 Å². The maximum absolute atomic E-state index is 12.9. The molecule has 0 aromatic heterocycles. The minimum atomic E-state index is -1.91. The van der Waals surface area contributed by atoms with Crippen LogP contribution >= 0.6 is 0 Å². The molecule has 88 valence electrons. The lowest BCUT2D eigenvalue weighted by molar-refractivity contribution is -0.153. The Kier molecular flexibility index (Phi) is 3.78. The number of aromatic hydroxyl groups is 1. The van der Waals surface area contributed by atoms with E-state index in [0.717, 1.165) is 0 Å². The largest absolute Gasteiger partial charge is 0.505 e. The van der Waals surface area contributed by atoms with Crippen LogP contribution in [0.15, 0.2) is 12.1 Å². The summed E-state index contributed by atoms with van der Waals surface area (Å²) >= 11 is 0. The van der Waals surface area contributed by atoms with Crippen LogP contribution in [0, 0.1) is 11.6 Å². The van der Waals surface area contributed by atoms with Crippen molar-refractivity contribution in [2.24, 2.45) is 0 Å². The summed E-state index contributed by atoms with van der Waals surface area (Å²) in [6, 6.07) is 1.11. The predicted molar refractivity (Wildman–Crippen MR) is 49.6 cm³/mol. The van der Waals surface area contributed by atoms with Gasteiger partial charge in [-0.2, -0.15) is 0 Å². The number of aliphatic hydroxyl groups is 1. The molecular weight excluding hydrogens is 222 g/mol. The summed E-state index contributed by atoms with van der Waals surface area (Å²) < 4.78 is 30.1. The Hall–Kier alpha value is -1.69. The van der Waals surface area contributed by atoms with E-state index >= 15 is 0 Å². The molecule has 2 N–H and O–H groups in total. The average Bonchev–Trinajstić information content (AvgIpc) is 2.22. The number of hydrogen-bond acceptors (Lipinski definition) is 4. The van der Waals surface area contributed by atoms with Gasteiger partial charge in [-0.1, -0.05) is 0 Å². The summed E-state index contributed by atoms with van der Waals surface area (Å²) in [6.45, 7) is 1.52. The summed E-state index contributed by atoms with van der Waals surface area (Å²) in [6.07, 6.45) is -1.91. The highest BCUT2D eigenvalue weighted by Gasteiger charge is 2.24. The van der Waals surface area contributed by atoms with Crippen LogP contribution in [0.2, 0.25) is 0 Å². The summed E-state index contributed by atoms with van der Waals surface area (Å²) in [7, 11) is 0. The lowest BCUT2D eigenvalue weighted by atomic mass is 10.1. The van der Waals surface area contributed by atoms with Crippen molar-refractivity contribution >= 4 is 5.97 Å². The zero-order valence-corrected chi connectivity index (χ0v) is 8.41. The van der Waals surface area contributed by atoms with Gasteiger partial charge in [0.05, 0.1) is 6.61 Å². The average molecular weight is 232 g/mol. The fourth-order valence-electron chi connectivity index (χ4n) is 1.14. The van der Waals surface area contributed by atoms with E-state index in [1.165, 1.54) is 6.92 Å². The van der Waals surface area contributed by atoms with Crippen LogP contribution in [-0.2, 0) is 9.53 Å². The van der Waals surface area contributed by atoms with Gasteiger partial charge in [0, 0.05) is 11.6 Å². The molecule has 1 unspecified atom stereocenters. The number of benzene rings is 1. The Bertz CT molecular complexity index is 406. The Labute approximate surface area is 90.1 Å². The highest BCUT2D eigenvalue weighted by molar-refractivity contribution is 5.77. The Morgan fingerprint density at radius 3 is 2.69 bits per heavy atom. The van der Waals surface area contributed by atoms with Crippen LogP contribution < -0.4 is 0 Å². The van der Waals surface area contributed by atoms with Crippen molar-refractivity contribution in [3.8, 4) is 5.75 Å². The third kappa shape index (κ3) is 2.46. The van der Waals surface area contributed by atoms with Crippen LogP contribution in [0.1, 0.15) is 18.6 Å². The van der Waals surface area contributed by atoms with E-state index in [1.54, 1.807) is 0 Å². The zero-order chi connectivity index (χ0) is 12.3. The van der Waals surface area contributed by atoms with Gasteiger partial charge in [-0.05, 0) is 13.0 Å². The van der Waals surface area contributed by atoms with Gasteiger partial charge < -0.3 is 14.9 Å². The molecule has 0 aliphatic carbocycles. The van der Waals surface area contributed by atoms with E-state index in [9.17, 15) is 23.8 Å². The molecular formula is C10H10F2O4. The van der Waals surface area contributed by atoms with Crippen molar-refractivity contribution in [2.45, 2.75) is 13.0 Å². The quantitative estimate of drug-likeness (QED) is 0.770. The van der Waals surface area contributed by atoms with Crippen LogP contribution in [0.3, 0.4) is 0 Å². The molecule has 1 aromatic carbocycles. The van der Waals surface area contributed by atoms with Gasteiger partial charge in [0.15, 0.2) is 17.7 Å². The SMILES string of the molecule is CCOC(=O)C(O)c1cc(F)cc(F)c1O. The normalized spacial score (nSPS) is 12.2. The Balaban J connectivity index is 3.08. The first-order valence-corrected chi connectivity index (χ1v) is 4.50. The fraction of sp³-hybridized carbons (Fsp3) is 0.300. The van der Waals surface area contributed by atoms with Gasteiger partial charge in [0.25, 0.3) is 0 Å². The fourth-order valence-corrected chi connectivity index (χ4v) is 1.14. The molecule has 0 bridgehead atoms. The van der Waals surface area contributed by atoms with Crippen molar-refractivity contribution < 1.29 is 28.5 Å². The van der Waals surface area contributed by atoms with E-state index in [2.05, 4.69) is 4.74 Å². The number of ether oxygens (including phenoxy) is 1. The van der Waals surface area contributed by atoms with Crippen molar-refractivity contribution in [1.82, 2.24) is 0 Å². The molecule has 0 aliphatic heterocycles. The van der Waals surface area contributed by atoms with Crippen molar-refractivity contribution in [3.63, 3.8) is 0 Å². The number of halogens is 2. The molecule has 0 aliphatic rings. The molecule has 1 aromatic rings. The number of rotatable bonds is 3. The summed E-state index contributed by atoms with van der Waals surface area (Å²) in [5.41, 5.74) is -0.559. The van der Waals surface area contributed by atoms with E-state index in [0.29, 0.717) is 12.1 Å². The standard InChI is InChI=1S/C10H10F2O4/c1-2-16-10(15)9(14)6-3-5(11)4-7(12)8(6)13/h3-4,9,13-14H,2H2,1H3. The molecule has 0 saturated carbocycles. The molecule has 0 amide bonds. The van der Waals surface area contributed by atoms with Gasteiger partial charge in [-0.25, -0.2) is 13.6 Å². The van der Waals surface area contributed by atoms with Gasteiger partial charge >= 0.3 is 5.97 Å². The monoisotopic (exact) mass is 232 g/mol. The van der Waals surface area contributed by atoms with Gasteiger partial charge in [-0.3, -0.25) is 0 Å². The minimum Gasteiger partial charge on any atom is -0.505 e. The summed E-state index contributed by atoms with van der Waals surface area (Å²) in [5.74, 6) is -4.31. The second kappa shape index (κ2) is 4.89. The molecule has 0 heterocycles. The lowest BCUT2D eigenvalue weighted by Gasteiger charge is -2.11. The van der Waals surface area contributed by atoms with Crippen molar-refractivity contribution in [1.29, 1.82) is 0 Å². The van der Waals surface area contributed by atoms with Crippen LogP contribution in [0.25, 0.3) is 0 Å². The molecule has 0 radical (unpaired) electrons. The molecule has 1 rings (SSSR count). The van der Waals surface area contributed by atoms with Crippen LogP contribution in [0.4, 0.5) is 8.78 Å². The third-order valence-corrected chi connectivity index (χ3v) is 1.86. The van der Waals surface area contributed by atoms with Crippen LogP contribution in [-0.4, -0.2) is 22.8 Å². The van der Waals surface area contributed by atoms with Crippen LogP contribution in [0.5, 0.6) is 5.75 Å². The van der Waals surface area contributed by atoms with Crippen molar-refractivity contribution in [3.05, 3.63) is 29.3 Å². The highest BCUT2D eigenvalue weighted by Crippen LogP contribution is 2.28. The Morgan fingerprint density at radius 1 is 1.50 bits per heavy atom. The number of hydrogen-bond donors (Lipinski definition) is 2. The molecule has 0 spiro atoms. The Morgan fingerprint density at radius 2 is 2.12 bits per heavy atom. The maximum Gasteiger partial charge on any atom is 0.339 e. The van der Waals surface area contributed by atoms with E-state index < -0.39 is 35.0 Å². The second-order valence-electron chi connectivity index (χ2n) is 2.98. The van der Waals surface area contributed by atoms with E-state index in [4.69, 9.17) is 0 Å². The third-order valence-electron chi connectivity index (χ3n) is 1.86. The number of phenolic OH excluding ortho intramolecular Hbond substituents is 1. The molecule has 0 saturated heterocycles. The first-order valence-electron chi connectivity index (χ1n) is 4.50. The molecule has 6 heteroatoms. The predicted octanol–water partition coefficient (Wildman–Crippen LogP) is 1.27. The van der Waals surface area contributed by atoms with Crippen molar-refractivity contribution in [2.75, 3.05) is 6.61 Å². The lowest BCUT2D eigenvalue weighted by Crippen LogP contribution is -2.16. The smallest absolute Gasteiger partial charge is 0.339 e. The second-order valence-corrected chi connectivity index (χ2v) is 2.98. The van der Waals surface area contributed by atoms with E-state index in [-0.39, 0.29) is 6.61 Å². The number of aliphatic hydroxyl groups excluding tert-OH is 1. The first kappa shape index (κ1) is 12.4. The maximum atomic E-state index is 12.9. The number of phenols is 1. The first-order chi connectivity index (χ1) is 7.47. The van der Waals surface area contributed by atoms with E-state index in [1.807, 2.05) is 0 Å². The molecule has 16 heavy (non-hydrogen) atoms. The zero-order valence-electron chi connectivity index (χ0n) is 8.41. The summed E-state index contributed by atoms with van der Waals surface area (Å²) in [5, 5.41) is 18.6. The molecule has 4 nitrogen and oxygen atoms in total. The minimum absolute atomic E-state index is 0.00839. The molecule has 1 atom stereocenters. The summed E-state index contributed by atoms with van der Waals surface area (Å²) in [4.78, 5) is 11.1. The number of carbonyl (C=O) groups excluding carboxylic acids is 1. The van der Waals surface area contributed by atoms with Gasteiger partial charge in [-0.15, -0.1) is 0 Å². The highest BCUT2D eigenvalue weighted by atomic mass is 19.1. The number of esters is 1. The molecule has 0 fully saturated rings. The topological polar surface area (TPSA) is 66.8 Å². The van der Waals surface area contributed by atoms with Gasteiger partial charge in [0.2, 0.25) is 0 Å².